The maximum Gasteiger partial charge on any atom is 0.132 e. The number of para-hydroxylation sites is 3. The molecule has 2 heteroatoms. The van der Waals surface area contributed by atoms with Gasteiger partial charge in [0.25, 0.3) is 0 Å². The zero-order chi connectivity index (χ0) is 30.4. The van der Waals surface area contributed by atoms with Gasteiger partial charge >= 0.3 is 0 Å². The van der Waals surface area contributed by atoms with Gasteiger partial charge in [0, 0.05) is 33.2 Å². The summed E-state index contributed by atoms with van der Waals surface area (Å²) in [6.07, 6.45) is 0. The van der Waals surface area contributed by atoms with E-state index in [0.717, 1.165) is 17.2 Å². The molecule has 8 aromatic rings. The molecule has 0 amide bonds. The monoisotopic (exact) mass is 587 g/mol. The fourth-order valence-corrected chi connectivity index (χ4v) is 8.21. The fraction of sp³-hybridized carbons (Fsp3) is 0.0455. The number of rotatable bonds is 2. The van der Waals surface area contributed by atoms with Crippen molar-refractivity contribution >= 4 is 21.8 Å². The summed E-state index contributed by atoms with van der Waals surface area (Å²) >= 11 is 0. The molecule has 0 saturated heterocycles. The third-order valence-corrected chi connectivity index (χ3v) is 10.1. The van der Waals surface area contributed by atoms with Crippen molar-refractivity contribution < 1.29 is 4.74 Å². The second-order valence-electron chi connectivity index (χ2n) is 12.5. The second kappa shape index (κ2) is 9.32. The van der Waals surface area contributed by atoms with E-state index in [1.165, 1.54) is 71.9 Å². The predicted molar refractivity (Wildman–Crippen MR) is 188 cm³/mol. The van der Waals surface area contributed by atoms with E-state index in [1.807, 2.05) is 0 Å². The van der Waals surface area contributed by atoms with Gasteiger partial charge in [-0.2, -0.15) is 0 Å². The molecule has 46 heavy (non-hydrogen) atoms. The van der Waals surface area contributed by atoms with Crippen LogP contribution >= 0.6 is 0 Å². The zero-order valence-electron chi connectivity index (χ0n) is 25.4. The average molecular weight is 588 g/mol. The summed E-state index contributed by atoms with van der Waals surface area (Å²) in [7, 11) is 0. The molecule has 7 aromatic carbocycles. The molecule has 2 aliphatic rings. The molecule has 1 spiro atoms. The normalized spacial score (nSPS) is 13.7. The van der Waals surface area contributed by atoms with E-state index in [2.05, 4.69) is 169 Å². The molecule has 10 rings (SSSR count). The smallest absolute Gasteiger partial charge is 0.132 e. The Morgan fingerprint density at radius 2 is 1.13 bits per heavy atom. The van der Waals surface area contributed by atoms with E-state index in [-0.39, 0.29) is 0 Å². The molecular formula is C44H29NO. The predicted octanol–water partition coefficient (Wildman–Crippen LogP) is 11.2. The van der Waals surface area contributed by atoms with Crippen LogP contribution in [0.3, 0.4) is 0 Å². The molecule has 0 fully saturated rings. The molecule has 0 atom stereocenters. The molecule has 0 saturated carbocycles. The van der Waals surface area contributed by atoms with Crippen LogP contribution in [0.2, 0.25) is 0 Å². The largest absolute Gasteiger partial charge is 0.457 e. The quantitative estimate of drug-likeness (QED) is 0.196. The number of hydrogen-bond donors (Lipinski definition) is 0. The Kier molecular flexibility index (Phi) is 5.16. The van der Waals surface area contributed by atoms with Crippen molar-refractivity contribution in [3.8, 4) is 39.4 Å². The van der Waals surface area contributed by atoms with Crippen LogP contribution in [0.5, 0.6) is 11.5 Å². The highest BCUT2D eigenvalue weighted by Crippen LogP contribution is 2.63. The highest BCUT2D eigenvalue weighted by atomic mass is 16.5. The van der Waals surface area contributed by atoms with Crippen molar-refractivity contribution in [1.29, 1.82) is 0 Å². The van der Waals surface area contributed by atoms with Crippen molar-refractivity contribution in [2.24, 2.45) is 0 Å². The van der Waals surface area contributed by atoms with Crippen LogP contribution in [0.1, 0.15) is 27.8 Å². The van der Waals surface area contributed by atoms with E-state index >= 15 is 0 Å². The number of nitrogens with zero attached hydrogens (tertiary/aromatic N) is 1. The average Bonchev–Trinajstić information content (AvgIpc) is 3.60. The van der Waals surface area contributed by atoms with Crippen LogP contribution in [-0.4, -0.2) is 4.57 Å². The number of aryl methyl sites for hydroxylation is 1. The summed E-state index contributed by atoms with van der Waals surface area (Å²) in [5.74, 6) is 1.82. The number of ether oxygens (including phenoxy) is 1. The standard InChI is InChI=1S/C44H29NO/c1-28-19-21-29(22-20-28)30-23-26-39-34(27-30)32-24-25-38-42(43(32)45(39)31-11-3-2-4-12-31)33-13-5-6-14-35(33)44(38)36-15-7-9-17-40(36)46-41-18-10-8-16-37(41)44/h2-27H,1H3. The first kappa shape index (κ1) is 25.5. The molecule has 0 radical (unpaired) electrons. The van der Waals surface area contributed by atoms with Gasteiger partial charge < -0.3 is 9.30 Å². The Morgan fingerprint density at radius 1 is 0.500 bits per heavy atom. The molecule has 1 aliphatic heterocycles. The summed E-state index contributed by atoms with van der Waals surface area (Å²) < 4.78 is 9.06. The van der Waals surface area contributed by atoms with Crippen molar-refractivity contribution in [2.45, 2.75) is 12.3 Å². The number of hydrogen-bond acceptors (Lipinski definition) is 1. The summed E-state index contributed by atoms with van der Waals surface area (Å²) in [4.78, 5) is 0. The Hall–Kier alpha value is -5.86. The maximum absolute atomic E-state index is 6.58. The van der Waals surface area contributed by atoms with Gasteiger partial charge in [-0.05, 0) is 71.1 Å². The first-order valence-corrected chi connectivity index (χ1v) is 15.9. The first-order valence-electron chi connectivity index (χ1n) is 15.9. The molecule has 2 nitrogen and oxygen atoms in total. The van der Waals surface area contributed by atoms with Crippen LogP contribution < -0.4 is 4.74 Å². The molecule has 216 valence electrons. The van der Waals surface area contributed by atoms with Crippen molar-refractivity contribution in [3.05, 3.63) is 186 Å². The molecule has 1 aliphatic carbocycles. The van der Waals surface area contributed by atoms with Gasteiger partial charge in [0.1, 0.15) is 11.5 Å². The van der Waals surface area contributed by atoms with E-state index in [9.17, 15) is 0 Å². The number of fused-ring (bicyclic) bond motifs is 13. The van der Waals surface area contributed by atoms with E-state index in [4.69, 9.17) is 4.74 Å². The Balaban J connectivity index is 1.38. The summed E-state index contributed by atoms with van der Waals surface area (Å²) in [5.41, 5.74) is 14.3. The number of aromatic nitrogens is 1. The highest BCUT2D eigenvalue weighted by molar-refractivity contribution is 6.17. The zero-order valence-corrected chi connectivity index (χ0v) is 25.4. The van der Waals surface area contributed by atoms with E-state index in [0.29, 0.717) is 0 Å². The van der Waals surface area contributed by atoms with Gasteiger partial charge in [0.05, 0.1) is 16.4 Å². The van der Waals surface area contributed by atoms with Crippen LogP contribution in [0, 0.1) is 6.92 Å². The van der Waals surface area contributed by atoms with Crippen LogP contribution in [0.25, 0.3) is 49.7 Å². The van der Waals surface area contributed by atoms with Crippen LogP contribution in [0.4, 0.5) is 0 Å². The minimum atomic E-state index is -0.503. The summed E-state index contributed by atoms with van der Waals surface area (Å²) in [6.45, 7) is 2.14. The summed E-state index contributed by atoms with van der Waals surface area (Å²) in [6, 6.07) is 57.5. The second-order valence-corrected chi connectivity index (χ2v) is 12.5. The Morgan fingerprint density at radius 3 is 1.87 bits per heavy atom. The molecular weight excluding hydrogens is 558 g/mol. The third kappa shape index (κ3) is 3.25. The first-order chi connectivity index (χ1) is 22.7. The van der Waals surface area contributed by atoms with Crippen LogP contribution in [0.15, 0.2) is 158 Å². The lowest BCUT2D eigenvalue weighted by molar-refractivity contribution is 0.436. The molecule has 1 aromatic heterocycles. The minimum absolute atomic E-state index is 0.503. The Labute approximate surface area is 267 Å². The SMILES string of the molecule is Cc1ccc(-c2ccc3c(c2)c2ccc4c(c2n3-c2ccccc2)-c2ccccc2C42c3ccccc3Oc3ccccc32)cc1. The number of benzene rings is 7. The molecule has 2 heterocycles. The van der Waals surface area contributed by atoms with Gasteiger partial charge in [0.15, 0.2) is 0 Å². The van der Waals surface area contributed by atoms with Gasteiger partial charge in [-0.25, -0.2) is 0 Å². The van der Waals surface area contributed by atoms with Gasteiger partial charge in [-0.15, -0.1) is 0 Å². The molecule has 0 bridgehead atoms. The lowest BCUT2D eigenvalue weighted by atomic mass is 9.66. The lowest BCUT2D eigenvalue weighted by Crippen LogP contribution is -2.32. The topological polar surface area (TPSA) is 14.2 Å². The third-order valence-electron chi connectivity index (χ3n) is 10.1. The van der Waals surface area contributed by atoms with Crippen molar-refractivity contribution in [1.82, 2.24) is 4.57 Å². The lowest BCUT2D eigenvalue weighted by Gasteiger charge is -2.39. The van der Waals surface area contributed by atoms with E-state index < -0.39 is 5.41 Å². The van der Waals surface area contributed by atoms with Crippen molar-refractivity contribution in [2.75, 3.05) is 0 Å². The maximum atomic E-state index is 6.58. The van der Waals surface area contributed by atoms with Crippen molar-refractivity contribution in [3.63, 3.8) is 0 Å². The van der Waals surface area contributed by atoms with E-state index in [1.54, 1.807) is 0 Å². The van der Waals surface area contributed by atoms with Crippen LogP contribution in [-0.2, 0) is 5.41 Å². The molecule has 0 unspecified atom stereocenters. The summed E-state index contributed by atoms with van der Waals surface area (Å²) in [5, 5.41) is 2.51. The van der Waals surface area contributed by atoms with Gasteiger partial charge in [0.2, 0.25) is 0 Å². The fourth-order valence-electron chi connectivity index (χ4n) is 8.21. The van der Waals surface area contributed by atoms with Gasteiger partial charge in [-0.1, -0.05) is 127 Å². The highest BCUT2D eigenvalue weighted by Gasteiger charge is 2.51. The van der Waals surface area contributed by atoms with Gasteiger partial charge in [-0.3, -0.25) is 0 Å². The Bertz CT molecular complexity index is 2460. The minimum Gasteiger partial charge on any atom is -0.457 e. The molecule has 0 N–H and O–H groups in total.